The number of halogens is 1. The number of fused-ring (bicyclic) bond motifs is 1. The second kappa shape index (κ2) is 5.84. The van der Waals surface area contributed by atoms with Crippen molar-refractivity contribution in [3.8, 4) is 0 Å². The van der Waals surface area contributed by atoms with Crippen LogP contribution in [-0.2, 0) is 0 Å². The van der Waals surface area contributed by atoms with E-state index in [4.69, 9.17) is 11.6 Å². The first-order valence-corrected chi connectivity index (χ1v) is 7.35. The van der Waals surface area contributed by atoms with E-state index >= 15 is 0 Å². The molecular formula is C18H17ClN2. The molecule has 0 saturated heterocycles. The quantitative estimate of drug-likeness (QED) is 0.769. The van der Waals surface area contributed by atoms with Gasteiger partial charge >= 0.3 is 0 Å². The van der Waals surface area contributed by atoms with Crippen LogP contribution in [0.4, 0.5) is 0 Å². The first kappa shape index (κ1) is 14.1. The van der Waals surface area contributed by atoms with Gasteiger partial charge < -0.3 is 5.32 Å². The number of nitrogens with zero attached hydrogens (tertiary/aromatic N) is 1. The molecule has 0 bridgehead atoms. The van der Waals surface area contributed by atoms with Crippen LogP contribution in [0.25, 0.3) is 10.9 Å². The fourth-order valence-electron chi connectivity index (χ4n) is 2.81. The summed E-state index contributed by atoms with van der Waals surface area (Å²) in [7, 11) is 1.97. The molecule has 2 aromatic carbocycles. The van der Waals surface area contributed by atoms with Crippen LogP contribution in [0, 0.1) is 6.92 Å². The van der Waals surface area contributed by atoms with Crippen LogP contribution in [0.1, 0.15) is 22.7 Å². The molecule has 0 aliphatic rings. The molecule has 0 aliphatic carbocycles. The Bertz CT molecular complexity index is 758. The predicted octanol–water partition coefficient (Wildman–Crippen LogP) is 4.51. The number of pyridine rings is 1. The first-order valence-electron chi connectivity index (χ1n) is 6.97. The van der Waals surface area contributed by atoms with Gasteiger partial charge in [0.25, 0.3) is 0 Å². The van der Waals surface area contributed by atoms with E-state index in [1.54, 1.807) is 0 Å². The molecule has 106 valence electrons. The smallest absolute Gasteiger partial charge is 0.0705 e. The third-order valence-corrected chi connectivity index (χ3v) is 3.90. The van der Waals surface area contributed by atoms with Crippen LogP contribution < -0.4 is 5.32 Å². The van der Waals surface area contributed by atoms with Crippen LogP contribution >= 0.6 is 11.6 Å². The van der Waals surface area contributed by atoms with Crippen LogP contribution in [0.2, 0.25) is 5.02 Å². The molecule has 21 heavy (non-hydrogen) atoms. The van der Waals surface area contributed by atoms with E-state index in [9.17, 15) is 0 Å². The maximum absolute atomic E-state index is 6.22. The molecule has 0 saturated carbocycles. The highest BCUT2D eigenvalue weighted by Crippen LogP contribution is 2.30. The minimum absolute atomic E-state index is 0.0929. The summed E-state index contributed by atoms with van der Waals surface area (Å²) >= 11 is 6.22. The van der Waals surface area contributed by atoms with E-state index in [0.29, 0.717) is 0 Å². The highest BCUT2D eigenvalue weighted by molar-refractivity contribution is 6.30. The second-order valence-corrected chi connectivity index (χ2v) is 5.64. The van der Waals surface area contributed by atoms with E-state index in [2.05, 4.69) is 35.4 Å². The standard InChI is InChI=1S/C18H17ClN2/c1-12-9-13(11-14(19)10-12)18(20-2)16-5-3-7-17-15(16)6-4-8-21-17/h3-11,18,20H,1-2H3. The molecule has 3 aromatic rings. The van der Waals surface area contributed by atoms with Gasteiger partial charge in [-0.3, -0.25) is 4.98 Å². The highest BCUT2D eigenvalue weighted by Gasteiger charge is 2.15. The fraction of sp³-hybridized carbons (Fsp3) is 0.167. The van der Waals surface area contributed by atoms with Crippen molar-refractivity contribution in [2.24, 2.45) is 0 Å². The van der Waals surface area contributed by atoms with Gasteiger partial charge in [-0.15, -0.1) is 0 Å². The maximum atomic E-state index is 6.22. The molecule has 0 radical (unpaired) electrons. The lowest BCUT2D eigenvalue weighted by atomic mass is 9.94. The van der Waals surface area contributed by atoms with E-state index in [1.165, 1.54) is 11.1 Å². The molecule has 0 fully saturated rings. The molecule has 3 rings (SSSR count). The lowest BCUT2D eigenvalue weighted by Gasteiger charge is -2.20. The third kappa shape index (κ3) is 2.78. The minimum atomic E-state index is 0.0929. The molecule has 3 heteroatoms. The summed E-state index contributed by atoms with van der Waals surface area (Å²) in [5.74, 6) is 0. The fourth-order valence-corrected chi connectivity index (χ4v) is 3.11. The van der Waals surface area contributed by atoms with Gasteiger partial charge in [-0.25, -0.2) is 0 Å². The molecule has 1 atom stereocenters. The molecule has 1 aromatic heterocycles. The SMILES string of the molecule is CNC(c1cc(C)cc(Cl)c1)c1cccc2ncccc12. The zero-order chi connectivity index (χ0) is 14.8. The third-order valence-electron chi connectivity index (χ3n) is 3.68. The molecular weight excluding hydrogens is 280 g/mol. The van der Waals surface area contributed by atoms with Crippen molar-refractivity contribution in [2.45, 2.75) is 13.0 Å². The summed E-state index contributed by atoms with van der Waals surface area (Å²) in [6.07, 6.45) is 1.82. The van der Waals surface area contributed by atoms with Gasteiger partial charge in [-0.05, 0) is 54.9 Å². The van der Waals surface area contributed by atoms with Gasteiger partial charge in [-0.1, -0.05) is 35.9 Å². The average molecular weight is 297 g/mol. The Morgan fingerprint density at radius 3 is 2.71 bits per heavy atom. The number of aryl methyl sites for hydroxylation is 1. The zero-order valence-corrected chi connectivity index (χ0v) is 12.9. The van der Waals surface area contributed by atoms with Gasteiger partial charge in [0.05, 0.1) is 11.6 Å². The minimum Gasteiger partial charge on any atom is -0.309 e. The summed E-state index contributed by atoms with van der Waals surface area (Å²) in [4.78, 5) is 4.43. The Morgan fingerprint density at radius 2 is 1.95 bits per heavy atom. The van der Waals surface area contributed by atoms with Crippen molar-refractivity contribution >= 4 is 22.5 Å². The molecule has 1 N–H and O–H groups in total. The number of hydrogen-bond donors (Lipinski definition) is 1. The number of aromatic nitrogens is 1. The van der Waals surface area contributed by atoms with Crippen LogP contribution in [0.15, 0.2) is 54.7 Å². The maximum Gasteiger partial charge on any atom is 0.0705 e. The van der Waals surface area contributed by atoms with Crippen molar-refractivity contribution in [1.29, 1.82) is 0 Å². The zero-order valence-electron chi connectivity index (χ0n) is 12.1. The topological polar surface area (TPSA) is 24.9 Å². The molecule has 0 aliphatic heterocycles. The predicted molar refractivity (Wildman–Crippen MR) is 88.8 cm³/mol. The molecule has 0 spiro atoms. The Hall–Kier alpha value is -1.90. The summed E-state index contributed by atoms with van der Waals surface area (Å²) in [6, 6.07) is 16.6. The van der Waals surface area contributed by atoms with Crippen molar-refractivity contribution in [3.05, 3.63) is 76.4 Å². The van der Waals surface area contributed by atoms with Gasteiger partial charge in [0, 0.05) is 16.6 Å². The van der Waals surface area contributed by atoms with Crippen molar-refractivity contribution in [2.75, 3.05) is 7.05 Å². The van der Waals surface area contributed by atoms with Gasteiger partial charge in [0.2, 0.25) is 0 Å². The molecule has 1 heterocycles. The first-order chi connectivity index (χ1) is 10.2. The Kier molecular flexibility index (Phi) is 3.91. The molecule has 1 unspecified atom stereocenters. The Labute approximate surface area is 129 Å². The average Bonchev–Trinajstić information content (AvgIpc) is 2.47. The van der Waals surface area contributed by atoms with E-state index in [0.717, 1.165) is 21.5 Å². The summed E-state index contributed by atoms with van der Waals surface area (Å²) in [5.41, 5.74) is 4.55. The molecule has 0 amide bonds. The summed E-state index contributed by atoms with van der Waals surface area (Å²) in [6.45, 7) is 2.06. The van der Waals surface area contributed by atoms with E-state index < -0.39 is 0 Å². The number of nitrogens with one attached hydrogen (secondary N) is 1. The van der Waals surface area contributed by atoms with E-state index in [1.807, 2.05) is 43.6 Å². The summed E-state index contributed by atoms with van der Waals surface area (Å²) < 4.78 is 0. The highest BCUT2D eigenvalue weighted by atomic mass is 35.5. The monoisotopic (exact) mass is 296 g/mol. The molecule has 2 nitrogen and oxygen atoms in total. The largest absolute Gasteiger partial charge is 0.309 e. The van der Waals surface area contributed by atoms with Gasteiger partial charge in [0.15, 0.2) is 0 Å². The van der Waals surface area contributed by atoms with Crippen molar-refractivity contribution in [1.82, 2.24) is 10.3 Å². The lowest BCUT2D eigenvalue weighted by molar-refractivity contribution is 0.696. The van der Waals surface area contributed by atoms with Crippen LogP contribution in [0.3, 0.4) is 0 Å². The Balaban J connectivity index is 2.18. The Morgan fingerprint density at radius 1 is 1.10 bits per heavy atom. The lowest BCUT2D eigenvalue weighted by Crippen LogP contribution is -2.18. The van der Waals surface area contributed by atoms with Crippen LogP contribution in [-0.4, -0.2) is 12.0 Å². The van der Waals surface area contributed by atoms with Crippen molar-refractivity contribution < 1.29 is 0 Å². The number of hydrogen-bond acceptors (Lipinski definition) is 2. The number of rotatable bonds is 3. The van der Waals surface area contributed by atoms with E-state index in [-0.39, 0.29) is 6.04 Å². The van der Waals surface area contributed by atoms with Gasteiger partial charge in [-0.2, -0.15) is 0 Å². The second-order valence-electron chi connectivity index (χ2n) is 5.20. The van der Waals surface area contributed by atoms with Crippen LogP contribution in [0.5, 0.6) is 0 Å². The summed E-state index contributed by atoms with van der Waals surface area (Å²) in [5, 5.41) is 5.33. The normalized spacial score (nSPS) is 12.5. The van der Waals surface area contributed by atoms with Crippen molar-refractivity contribution in [3.63, 3.8) is 0 Å². The number of benzene rings is 2. The van der Waals surface area contributed by atoms with Gasteiger partial charge in [0.1, 0.15) is 0 Å².